The van der Waals surface area contributed by atoms with E-state index >= 15 is 0 Å². The van der Waals surface area contributed by atoms with Gasteiger partial charge in [0.2, 0.25) is 5.88 Å². The minimum atomic E-state index is -5.06. The lowest BCUT2D eigenvalue weighted by molar-refractivity contribution is -0.189. The number of aromatic nitrogens is 1. The van der Waals surface area contributed by atoms with Gasteiger partial charge in [-0.05, 0) is 45.2 Å². The zero-order valence-electron chi connectivity index (χ0n) is 17.8. The van der Waals surface area contributed by atoms with E-state index in [0.29, 0.717) is 24.9 Å². The van der Waals surface area contributed by atoms with Crippen molar-refractivity contribution < 1.29 is 32.2 Å². The van der Waals surface area contributed by atoms with Gasteiger partial charge < -0.3 is 19.3 Å². The van der Waals surface area contributed by atoms with E-state index < -0.39 is 29.8 Å². The van der Waals surface area contributed by atoms with Crippen molar-refractivity contribution in [1.82, 2.24) is 14.8 Å². The molecule has 0 bridgehead atoms. The van der Waals surface area contributed by atoms with Crippen molar-refractivity contribution in [1.29, 1.82) is 0 Å². The molecular formula is C19H27ClF3N3O4S. The molecule has 1 aromatic heterocycles. The van der Waals surface area contributed by atoms with Gasteiger partial charge >= 0.3 is 18.2 Å². The van der Waals surface area contributed by atoms with Crippen LogP contribution in [-0.4, -0.2) is 64.8 Å². The molecule has 0 N–H and O–H groups in total. The van der Waals surface area contributed by atoms with Crippen molar-refractivity contribution in [2.24, 2.45) is 0 Å². The van der Waals surface area contributed by atoms with Crippen LogP contribution in [0, 0.1) is 0 Å². The summed E-state index contributed by atoms with van der Waals surface area (Å²) >= 11 is 5.91. The third-order valence-electron chi connectivity index (χ3n) is 4.38. The summed E-state index contributed by atoms with van der Waals surface area (Å²) in [7, 11) is 1.35. The summed E-state index contributed by atoms with van der Waals surface area (Å²) in [6, 6.07) is 1.95. The second kappa shape index (κ2) is 10.6. The predicted octanol–water partition coefficient (Wildman–Crippen LogP) is 4.15. The second-order valence-electron chi connectivity index (χ2n) is 7.99. The normalized spacial score (nSPS) is 16.9. The van der Waals surface area contributed by atoms with Gasteiger partial charge in [0.1, 0.15) is 10.8 Å². The fourth-order valence-corrected chi connectivity index (χ4v) is 3.37. The van der Waals surface area contributed by atoms with E-state index in [9.17, 15) is 22.8 Å². The summed E-state index contributed by atoms with van der Waals surface area (Å²) in [5, 5.41) is 0.0304. The molecule has 12 heteroatoms. The minimum Gasteiger partial charge on any atom is -0.481 e. The van der Waals surface area contributed by atoms with Gasteiger partial charge in [0.15, 0.2) is 0 Å². The number of pyridine rings is 1. The van der Waals surface area contributed by atoms with E-state index in [2.05, 4.69) is 4.98 Å². The van der Waals surface area contributed by atoms with Gasteiger partial charge in [-0.1, -0.05) is 11.6 Å². The van der Waals surface area contributed by atoms with Crippen molar-refractivity contribution in [3.8, 4) is 5.88 Å². The highest BCUT2D eigenvalue weighted by Gasteiger charge is 2.45. The molecular weight excluding hydrogens is 459 g/mol. The predicted molar refractivity (Wildman–Crippen MR) is 114 cm³/mol. The Morgan fingerprint density at radius 3 is 2.48 bits per heavy atom. The molecule has 0 radical (unpaired) electrons. The highest BCUT2D eigenvalue weighted by atomic mass is 35.5. The van der Waals surface area contributed by atoms with Gasteiger partial charge in [-0.15, -0.1) is 0 Å². The molecule has 1 aliphatic heterocycles. The highest BCUT2D eigenvalue weighted by Crippen LogP contribution is 2.27. The Kier molecular flexibility index (Phi) is 9.31. The lowest BCUT2D eigenvalue weighted by atomic mass is 10.0. The first-order chi connectivity index (χ1) is 13.8. The Labute approximate surface area is 191 Å². The van der Waals surface area contributed by atoms with Crippen LogP contribution in [0.25, 0.3) is 0 Å². The van der Waals surface area contributed by atoms with E-state index in [-0.39, 0.29) is 37.6 Å². The average molecular weight is 486 g/mol. The van der Waals surface area contributed by atoms with Gasteiger partial charge in [0.25, 0.3) is 0 Å². The molecule has 2 heterocycles. The number of alkyl halides is 3. The monoisotopic (exact) mass is 485 g/mol. The summed E-state index contributed by atoms with van der Waals surface area (Å²) in [4.78, 5) is 30.5. The maximum atomic E-state index is 13.3. The summed E-state index contributed by atoms with van der Waals surface area (Å²) in [6.07, 6.45) is -4.93. The van der Waals surface area contributed by atoms with Crippen LogP contribution in [0.2, 0.25) is 5.15 Å². The Balaban J connectivity index is 0.00000480. The summed E-state index contributed by atoms with van der Waals surface area (Å²) in [5.74, 6) is -1.86. The van der Waals surface area contributed by atoms with Crippen LogP contribution in [0.3, 0.4) is 0 Å². The number of methoxy groups -OCH3 is 1. The van der Waals surface area contributed by atoms with Gasteiger partial charge in [0, 0.05) is 25.7 Å². The minimum absolute atomic E-state index is 0. The number of rotatable bonds is 4. The zero-order chi connectivity index (χ0) is 22.7. The quantitative estimate of drug-likeness (QED) is 0.599. The standard InChI is InChI=1S/C19H25ClF3N3O4.H2S/c1-18(2,3)30-17(28)25-7-5-6-13(11-25)26(16(27)19(21,22)23)10-12-8-14(20)24-15(9-12)29-4;/h8-9,13H,5-7,10-11H2,1-4H3;1H2/t13-;/m0./s1. The molecule has 7 nitrogen and oxygen atoms in total. The number of likely N-dealkylation sites (tertiary alicyclic amines) is 1. The van der Waals surface area contributed by atoms with Crippen LogP contribution in [-0.2, 0) is 16.1 Å². The van der Waals surface area contributed by atoms with E-state index in [1.54, 1.807) is 20.8 Å². The van der Waals surface area contributed by atoms with Crippen LogP contribution in [0.4, 0.5) is 18.0 Å². The number of carbonyl (C=O) groups is 2. The number of nitrogens with zero attached hydrogens (tertiary/aromatic N) is 3. The molecule has 31 heavy (non-hydrogen) atoms. The van der Waals surface area contributed by atoms with Crippen LogP contribution in [0.5, 0.6) is 5.88 Å². The van der Waals surface area contributed by atoms with E-state index in [1.165, 1.54) is 24.1 Å². The fraction of sp³-hybridized carbons (Fsp3) is 0.632. The van der Waals surface area contributed by atoms with Crippen LogP contribution < -0.4 is 4.74 Å². The Morgan fingerprint density at radius 1 is 1.29 bits per heavy atom. The molecule has 0 spiro atoms. The maximum Gasteiger partial charge on any atom is 0.471 e. The van der Waals surface area contributed by atoms with Crippen molar-refractivity contribution in [2.45, 2.75) is 58.0 Å². The molecule has 0 aliphatic carbocycles. The third-order valence-corrected chi connectivity index (χ3v) is 4.58. The summed E-state index contributed by atoms with van der Waals surface area (Å²) in [6.45, 7) is 5.02. The van der Waals surface area contributed by atoms with E-state index in [4.69, 9.17) is 21.1 Å². The van der Waals surface area contributed by atoms with Gasteiger partial charge in [-0.25, -0.2) is 9.78 Å². The molecule has 0 saturated carbocycles. The summed E-state index contributed by atoms with van der Waals surface area (Å²) < 4.78 is 50.2. The maximum absolute atomic E-state index is 13.3. The van der Waals surface area contributed by atoms with Crippen LogP contribution in [0.15, 0.2) is 12.1 Å². The molecule has 2 rings (SSSR count). The van der Waals surface area contributed by atoms with Crippen LogP contribution >= 0.6 is 25.1 Å². The van der Waals surface area contributed by atoms with Crippen molar-refractivity contribution >= 4 is 37.1 Å². The van der Waals surface area contributed by atoms with Crippen molar-refractivity contribution in [3.63, 3.8) is 0 Å². The number of amides is 2. The average Bonchev–Trinajstić information content (AvgIpc) is 2.63. The van der Waals surface area contributed by atoms with Gasteiger partial charge in [-0.3, -0.25) is 4.79 Å². The van der Waals surface area contributed by atoms with E-state index in [0.717, 1.165) is 4.90 Å². The highest BCUT2D eigenvalue weighted by molar-refractivity contribution is 7.59. The number of hydrogen-bond donors (Lipinski definition) is 0. The topological polar surface area (TPSA) is 72.0 Å². The van der Waals surface area contributed by atoms with Crippen molar-refractivity contribution in [2.75, 3.05) is 20.2 Å². The largest absolute Gasteiger partial charge is 0.481 e. The second-order valence-corrected chi connectivity index (χ2v) is 8.38. The Bertz CT molecular complexity index is 790. The van der Waals surface area contributed by atoms with Crippen LogP contribution in [0.1, 0.15) is 39.2 Å². The lowest BCUT2D eigenvalue weighted by Crippen LogP contribution is -2.54. The van der Waals surface area contributed by atoms with Gasteiger partial charge in [0.05, 0.1) is 13.2 Å². The summed E-state index contributed by atoms with van der Waals surface area (Å²) in [5.41, 5.74) is -0.408. The van der Waals surface area contributed by atoms with Crippen molar-refractivity contribution in [3.05, 3.63) is 22.8 Å². The smallest absolute Gasteiger partial charge is 0.471 e. The molecule has 2 amide bonds. The third kappa shape index (κ3) is 7.95. The molecule has 1 atom stereocenters. The molecule has 0 aromatic carbocycles. The number of piperidine rings is 1. The Hall–Kier alpha value is -1.88. The SMILES string of the molecule is COc1cc(CN(C(=O)C(F)(F)F)[C@H]2CCCN(C(=O)OC(C)(C)C)C2)cc(Cl)n1.S. The molecule has 176 valence electrons. The number of halogens is 4. The molecule has 1 aromatic rings. The zero-order valence-corrected chi connectivity index (χ0v) is 19.5. The van der Waals surface area contributed by atoms with E-state index in [1.807, 2.05) is 0 Å². The lowest BCUT2D eigenvalue weighted by Gasteiger charge is -2.40. The fourth-order valence-electron chi connectivity index (χ4n) is 3.15. The number of hydrogen-bond acceptors (Lipinski definition) is 5. The molecule has 1 fully saturated rings. The molecule has 1 aliphatic rings. The first-order valence-electron chi connectivity index (χ1n) is 9.36. The number of ether oxygens (including phenoxy) is 2. The molecule has 1 saturated heterocycles. The number of carbonyl (C=O) groups excluding carboxylic acids is 2. The van der Waals surface area contributed by atoms with Gasteiger partial charge in [-0.2, -0.15) is 26.7 Å². The first kappa shape index (κ1) is 27.2. The molecule has 0 unspecified atom stereocenters. The Morgan fingerprint density at radius 2 is 1.94 bits per heavy atom. The first-order valence-corrected chi connectivity index (χ1v) is 9.74.